The summed E-state index contributed by atoms with van der Waals surface area (Å²) >= 11 is 0. The second kappa shape index (κ2) is 8.08. The summed E-state index contributed by atoms with van der Waals surface area (Å²) in [5.74, 6) is 1.30. The molecule has 0 saturated carbocycles. The molecular weight excluding hydrogens is 278 g/mol. The summed E-state index contributed by atoms with van der Waals surface area (Å²) in [6.45, 7) is 2.44. The fourth-order valence-electron chi connectivity index (χ4n) is 2.00. The van der Waals surface area contributed by atoms with Crippen molar-refractivity contribution >= 4 is 5.91 Å². The molecule has 0 fully saturated rings. The third-order valence-corrected chi connectivity index (χ3v) is 3.26. The van der Waals surface area contributed by atoms with Crippen molar-refractivity contribution in [2.75, 3.05) is 7.05 Å². The average Bonchev–Trinajstić information content (AvgIpc) is 2.59. The fraction of sp³-hybridized carbons (Fsp3) is 0.278. The number of hydrogen-bond donors (Lipinski definition) is 1. The highest BCUT2D eigenvalue weighted by Gasteiger charge is 2.16. The Labute approximate surface area is 131 Å². The van der Waals surface area contributed by atoms with Gasteiger partial charge < -0.3 is 14.8 Å². The van der Waals surface area contributed by atoms with Crippen LogP contribution >= 0.6 is 0 Å². The van der Waals surface area contributed by atoms with Crippen LogP contribution < -0.4 is 14.8 Å². The van der Waals surface area contributed by atoms with E-state index in [1.165, 1.54) is 0 Å². The normalized spacial score (nSPS) is 11.5. The van der Waals surface area contributed by atoms with Crippen LogP contribution in [0.3, 0.4) is 0 Å². The van der Waals surface area contributed by atoms with Crippen LogP contribution in [-0.4, -0.2) is 19.1 Å². The first-order valence-corrected chi connectivity index (χ1v) is 7.38. The zero-order valence-corrected chi connectivity index (χ0v) is 12.9. The van der Waals surface area contributed by atoms with E-state index in [2.05, 4.69) is 5.32 Å². The van der Waals surface area contributed by atoms with Crippen LogP contribution in [0.2, 0.25) is 0 Å². The Hall–Kier alpha value is -2.49. The summed E-state index contributed by atoms with van der Waals surface area (Å²) in [7, 11) is 1.61. The van der Waals surface area contributed by atoms with Crippen molar-refractivity contribution in [2.24, 2.45) is 0 Å². The highest BCUT2D eigenvalue weighted by atomic mass is 16.5. The lowest BCUT2D eigenvalue weighted by molar-refractivity contribution is -0.127. The van der Waals surface area contributed by atoms with Crippen LogP contribution in [0, 0.1) is 0 Å². The molecule has 1 atom stereocenters. The minimum atomic E-state index is -0.471. The molecule has 0 bridgehead atoms. The Bertz CT molecular complexity index is 581. The summed E-state index contributed by atoms with van der Waals surface area (Å²) in [6.07, 6.45) is 0.146. The summed E-state index contributed by atoms with van der Waals surface area (Å²) in [5.41, 5.74) is 1.12. The number of hydrogen-bond acceptors (Lipinski definition) is 3. The summed E-state index contributed by atoms with van der Waals surface area (Å²) < 4.78 is 11.4. The van der Waals surface area contributed by atoms with E-state index in [1.807, 2.05) is 61.5 Å². The van der Waals surface area contributed by atoms with E-state index in [4.69, 9.17) is 9.47 Å². The van der Waals surface area contributed by atoms with E-state index in [9.17, 15) is 4.79 Å². The molecule has 4 nitrogen and oxygen atoms in total. The third kappa shape index (κ3) is 4.52. The monoisotopic (exact) mass is 299 g/mol. The Morgan fingerprint density at radius 3 is 2.27 bits per heavy atom. The first-order chi connectivity index (χ1) is 10.7. The van der Waals surface area contributed by atoms with E-state index >= 15 is 0 Å². The Morgan fingerprint density at radius 1 is 1.05 bits per heavy atom. The van der Waals surface area contributed by atoms with Gasteiger partial charge in [0.25, 0.3) is 5.91 Å². The van der Waals surface area contributed by atoms with Crippen molar-refractivity contribution in [3.05, 3.63) is 60.2 Å². The smallest absolute Gasteiger partial charge is 0.260 e. The van der Waals surface area contributed by atoms with Crippen molar-refractivity contribution in [2.45, 2.75) is 26.1 Å². The van der Waals surface area contributed by atoms with Crippen LogP contribution in [-0.2, 0) is 11.4 Å². The third-order valence-electron chi connectivity index (χ3n) is 3.26. The quantitative estimate of drug-likeness (QED) is 0.854. The molecule has 1 N–H and O–H groups in total. The van der Waals surface area contributed by atoms with Crippen molar-refractivity contribution in [3.8, 4) is 11.5 Å². The summed E-state index contributed by atoms with van der Waals surface area (Å²) in [5, 5.41) is 2.60. The molecule has 0 saturated heterocycles. The van der Waals surface area contributed by atoms with Crippen LogP contribution in [0.4, 0.5) is 0 Å². The number of rotatable bonds is 7. The van der Waals surface area contributed by atoms with E-state index in [0.29, 0.717) is 18.8 Å². The zero-order valence-electron chi connectivity index (χ0n) is 12.9. The van der Waals surface area contributed by atoms with E-state index in [1.54, 1.807) is 7.05 Å². The highest BCUT2D eigenvalue weighted by Crippen LogP contribution is 2.20. The van der Waals surface area contributed by atoms with Gasteiger partial charge in [-0.2, -0.15) is 0 Å². The van der Waals surface area contributed by atoms with Gasteiger partial charge in [-0.25, -0.2) is 0 Å². The van der Waals surface area contributed by atoms with Gasteiger partial charge in [-0.15, -0.1) is 0 Å². The summed E-state index contributed by atoms with van der Waals surface area (Å²) in [4.78, 5) is 11.6. The second-order valence-electron chi connectivity index (χ2n) is 4.87. The van der Waals surface area contributed by atoms with Gasteiger partial charge in [0, 0.05) is 7.05 Å². The van der Waals surface area contributed by atoms with Crippen LogP contribution in [0.25, 0.3) is 0 Å². The molecule has 0 heterocycles. The molecule has 22 heavy (non-hydrogen) atoms. The van der Waals surface area contributed by atoms with Gasteiger partial charge in [-0.3, -0.25) is 4.79 Å². The van der Waals surface area contributed by atoms with Gasteiger partial charge in [0.15, 0.2) is 6.10 Å². The summed E-state index contributed by atoms with van der Waals surface area (Å²) in [6, 6.07) is 17.3. The lowest BCUT2D eigenvalue weighted by atomic mass is 10.2. The Balaban J connectivity index is 1.91. The van der Waals surface area contributed by atoms with Crippen molar-refractivity contribution in [1.29, 1.82) is 0 Å². The molecule has 2 rings (SSSR count). The van der Waals surface area contributed by atoms with Crippen LogP contribution in [0.1, 0.15) is 18.9 Å². The van der Waals surface area contributed by atoms with Gasteiger partial charge in [-0.1, -0.05) is 37.3 Å². The number of likely N-dealkylation sites (N-methyl/N-ethyl adjacent to an activating group) is 1. The van der Waals surface area contributed by atoms with Gasteiger partial charge in [0.2, 0.25) is 0 Å². The molecule has 0 aliphatic heterocycles. The lowest BCUT2D eigenvalue weighted by Gasteiger charge is -2.16. The number of carbonyl (C=O) groups is 1. The predicted molar refractivity (Wildman–Crippen MR) is 86.0 cm³/mol. The van der Waals surface area contributed by atoms with Gasteiger partial charge >= 0.3 is 0 Å². The zero-order chi connectivity index (χ0) is 15.8. The predicted octanol–water partition coefficient (Wildman–Crippen LogP) is 3.17. The first-order valence-electron chi connectivity index (χ1n) is 7.38. The molecule has 1 unspecified atom stereocenters. The standard InChI is InChI=1S/C18H21NO3/c1-3-17(18(20)19-2)22-16-11-9-15(10-12-16)21-13-14-7-5-4-6-8-14/h4-12,17H,3,13H2,1-2H3,(H,19,20). The van der Waals surface area contributed by atoms with Crippen LogP contribution in [0.5, 0.6) is 11.5 Å². The maximum Gasteiger partial charge on any atom is 0.260 e. The van der Waals surface area contributed by atoms with Crippen molar-refractivity contribution in [3.63, 3.8) is 0 Å². The molecule has 0 radical (unpaired) electrons. The van der Waals surface area contributed by atoms with Gasteiger partial charge in [-0.05, 0) is 36.2 Å². The van der Waals surface area contributed by atoms with Gasteiger partial charge in [0.05, 0.1) is 0 Å². The van der Waals surface area contributed by atoms with Crippen molar-refractivity contribution in [1.82, 2.24) is 5.32 Å². The number of benzene rings is 2. The molecule has 1 amide bonds. The maximum absolute atomic E-state index is 11.6. The molecule has 0 aliphatic carbocycles. The highest BCUT2D eigenvalue weighted by molar-refractivity contribution is 5.80. The van der Waals surface area contributed by atoms with Crippen molar-refractivity contribution < 1.29 is 14.3 Å². The van der Waals surface area contributed by atoms with Crippen LogP contribution in [0.15, 0.2) is 54.6 Å². The Kier molecular flexibility index (Phi) is 5.83. The topological polar surface area (TPSA) is 47.6 Å². The molecule has 116 valence electrons. The second-order valence-corrected chi connectivity index (χ2v) is 4.87. The average molecular weight is 299 g/mol. The minimum absolute atomic E-state index is 0.119. The lowest BCUT2D eigenvalue weighted by Crippen LogP contribution is -2.35. The van der Waals surface area contributed by atoms with E-state index in [0.717, 1.165) is 11.3 Å². The number of nitrogens with one attached hydrogen (secondary N) is 1. The fourth-order valence-corrected chi connectivity index (χ4v) is 2.00. The maximum atomic E-state index is 11.6. The molecule has 2 aromatic carbocycles. The molecule has 4 heteroatoms. The molecule has 2 aromatic rings. The van der Waals surface area contributed by atoms with E-state index < -0.39 is 6.10 Å². The molecule has 0 aromatic heterocycles. The number of amides is 1. The Morgan fingerprint density at radius 2 is 1.68 bits per heavy atom. The number of carbonyl (C=O) groups excluding carboxylic acids is 1. The SMILES string of the molecule is CCC(Oc1ccc(OCc2ccccc2)cc1)C(=O)NC. The first kappa shape index (κ1) is 15.9. The number of ether oxygens (including phenoxy) is 2. The molecular formula is C18H21NO3. The molecule has 0 spiro atoms. The van der Waals surface area contributed by atoms with E-state index in [-0.39, 0.29) is 5.91 Å². The molecule has 0 aliphatic rings. The van der Waals surface area contributed by atoms with Gasteiger partial charge in [0.1, 0.15) is 18.1 Å². The largest absolute Gasteiger partial charge is 0.489 e. The minimum Gasteiger partial charge on any atom is -0.489 e.